The molecule has 1 saturated carbocycles. The van der Waals surface area contributed by atoms with Crippen molar-refractivity contribution in [3.05, 3.63) is 0 Å². The first kappa shape index (κ1) is 15.8. The molecule has 0 aromatic heterocycles. The van der Waals surface area contributed by atoms with Gasteiger partial charge in [-0.2, -0.15) is 0 Å². The van der Waals surface area contributed by atoms with Crippen molar-refractivity contribution in [1.82, 2.24) is 4.90 Å². The topological polar surface area (TPSA) is 49.5 Å². The predicted octanol–water partition coefficient (Wildman–Crippen LogP) is 1.84. The fourth-order valence-electron chi connectivity index (χ4n) is 2.76. The van der Waals surface area contributed by atoms with E-state index in [1.54, 1.807) is 14.1 Å². The highest BCUT2D eigenvalue weighted by atomic mass is 19.3. The van der Waals surface area contributed by atoms with Gasteiger partial charge in [0, 0.05) is 6.04 Å². The third kappa shape index (κ3) is 4.78. The molecule has 1 aliphatic rings. The molecule has 3 nitrogen and oxygen atoms in total. The van der Waals surface area contributed by atoms with E-state index in [0.29, 0.717) is 12.3 Å². The summed E-state index contributed by atoms with van der Waals surface area (Å²) in [6, 6.07) is -0.831. The maximum atomic E-state index is 13.7. The van der Waals surface area contributed by atoms with Crippen LogP contribution < -0.4 is 5.73 Å². The minimum atomic E-state index is -3.14. The number of aliphatic hydroxyl groups excluding tert-OH is 1. The van der Waals surface area contributed by atoms with Gasteiger partial charge in [0.05, 0.1) is 6.54 Å². The van der Waals surface area contributed by atoms with E-state index in [0.717, 1.165) is 25.7 Å². The van der Waals surface area contributed by atoms with E-state index in [2.05, 4.69) is 0 Å². The lowest BCUT2D eigenvalue weighted by Gasteiger charge is -2.32. The van der Waals surface area contributed by atoms with E-state index in [9.17, 15) is 13.9 Å². The Morgan fingerprint density at radius 2 is 1.83 bits per heavy atom. The van der Waals surface area contributed by atoms with Crippen molar-refractivity contribution in [2.24, 2.45) is 11.7 Å². The van der Waals surface area contributed by atoms with Gasteiger partial charge >= 0.3 is 0 Å². The molecule has 1 aliphatic carbocycles. The molecular formula is C13H26F2N2O. The van der Waals surface area contributed by atoms with E-state index in [1.807, 2.05) is 0 Å². The maximum Gasteiger partial charge on any atom is 0.287 e. The second kappa shape index (κ2) is 6.78. The van der Waals surface area contributed by atoms with Gasteiger partial charge in [-0.15, -0.1) is 0 Å². The molecule has 1 rings (SSSR count). The lowest BCUT2D eigenvalue weighted by molar-refractivity contribution is -0.129. The summed E-state index contributed by atoms with van der Waals surface area (Å²) in [6.07, 6.45) is 4.40. The molecular weight excluding hydrogens is 238 g/mol. The van der Waals surface area contributed by atoms with Crippen LogP contribution in [0.2, 0.25) is 0 Å². The van der Waals surface area contributed by atoms with Crippen molar-refractivity contribution in [2.75, 3.05) is 20.6 Å². The van der Waals surface area contributed by atoms with Gasteiger partial charge in [-0.05, 0) is 26.4 Å². The molecule has 0 radical (unpaired) electrons. The Morgan fingerprint density at radius 3 is 2.33 bits per heavy atom. The first-order valence-electron chi connectivity index (χ1n) is 6.79. The quantitative estimate of drug-likeness (QED) is 0.769. The standard InChI is InChI=1S/C13H26F2N2O/c1-17(2)9-13(14,15)12(18)11(16)8-10-6-4-3-5-7-10/h10-12,18H,3-9,16H2,1-2H3/t11-,12+/m0/s1. The van der Waals surface area contributed by atoms with E-state index >= 15 is 0 Å². The summed E-state index contributed by atoms with van der Waals surface area (Å²) in [6.45, 7) is -0.466. The summed E-state index contributed by atoms with van der Waals surface area (Å²) in [7, 11) is 3.13. The minimum absolute atomic E-state index is 0.401. The molecule has 0 saturated heterocycles. The van der Waals surface area contributed by atoms with Gasteiger partial charge < -0.3 is 15.7 Å². The van der Waals surface area contributed by atoms with Gasteiger partial charge in [-0.3, -0.25) is 0 Å². The minimum Gasteiger partial charge on any atom is -0.385 e. The van der Waals surface area contributed by atoms with E-state index in [-0.39, 0.29) is 0 Å². The third-order valence-corrected chi connectivity index (χ3v) is 3.70. The summed E-state index contributed by atoms with van der Waals surface area (Å²) in [5.74, 6) is -2.74. The van der Waals surface area contributed by atoms with Crippen molar-refractivity contribution in [3.63, 3.8) is 0 Å². The zero-order valence-electron chi connectivity index (χ0n) is 11.4. The van der Waals surface area contributed by atoms with Crippen LogP contribution in [0.25, 0.3) is 0 Å². The molecule has 18 heavy (non-hydrogen) atoms. The third-order valence-electron chi connectivity index (χ3n) is 3.70. The highest BCUT2D eigenvalue weighted by Crippen LogP contribution is 2.30. The summed E-state index contributed by atoms with van der Waals surface area (Å²) in [5, 5.41) is 9.72. The van der Waals surface area contributed by atoms with Crippen LogP contribution in [0, 0.1) is 5.92 Å². The first-order chi connectivity index (χ1) is 8.33. The van der Waals surface area contributed by atoms with Crippen molar-refractivity contribution >= 4 is 0 Å². The fraction of sp³-hybridized carbons (Fsp3) is 1.00. The molecule has 0 amide bonds. The normalized spacial score (nSPS) is 22.2. The number of halogens is 2. The van der Waals surface area contributed by atoms with Crippen LogP contribution in [-0.2, 0) is 0 Å². The highest BCUT2D eigenvalue weighted by molar-refractivity contribution is 4.88. The van der Waals surface area contributed by atoms with Crippen molar-refractivity contribution < 1.29 is 13.9 Å². The Kier molecular flexibility index (Phi) is 5.95. The molecule has 2 atom stereocenters. The number of aliphatic hydroxyl groups is 1. The van der Waals surface area contributed by atoms with Gasteiger partial charge in [0.25, 0.3) is 5.92 Å². The molecule has 0 heterocycles. The monoisotopic (exact) mass is 264 g/mol. The lowest BCUT2D eigenvalue weighted by Crippen LogP contribution is -2.52. The van der Waals surface area contributed by atoms with Crippen LogP contribution in [0.3, 0.4) is 0 Å². The van der Waals surface area contributed by atoms with Crippen LogP contribution in [0.1, 0.15) is 38.5 Å². The number of nitrogens with zero attached hydrogens (tertiary/aromatic N) is 1. The summed E-state index contributed by atoms with van der Waals surface area (Å²) in [4.78, 5) is 1.37. The molecule has 0 unspecified atom stereocenters. The summed E-state index contributed by atoms with van der Waals surface area (Å²) < 4.78 is 27.4. The van der Waals surface area contributed by atoms with Crippen molar-refractivity contribution in [3.8, 4) is 0 Å². The van der Waals surface area contributed by atoms with Gasteiger partial charge in [0.2, 0.25) is 0 Å². The van der Waals surface area contributed by atoms with E-state index in [1.165, 1.54) is 11.3 Å². The Bertz CT molecular complexity index is 243. The Morgan fingerprint density at radius 1 is 1.28 bits per heavy atom. The molecule has 0 bridgehead atoms. The number of rotatable bonds is 6. The van der Waals surface area contributed by atoms with Gasteiger partial charge in [-0.1, -0.05) is 32.1 Å². The number of nitrogens with two attached hydrogens (primary N) is 1. The van der Waals surface area contributed by atoms with E-state index in [4.69, 9.17) is 5.73 Å². The first-order valence-corrected chi connectivity index (χ1v) is 6.79. The fourth-order valence-corrected chi connectivity index (χ4v) is 2.76. The van der Waals surface area contributed by atoms with E-state index < -0.39 is 24.6 Å². The van der Waals surface area contributed by atoms with Crippen LogP contribution in [0.15, 0.2) is 0 Å². The molecule has 0 spiro atoms. The average Bonchev–Trinajstić information content (AvgIpc) is 2.27. The van der Waals surface area contributed by atoms with Crippen LogP contribution in [0.4, 0.5) is 8.78 Å². The molecule has 0 aromatic carbocycles. The number of hydrogen-bond donors (Lipinski definition) is 2. The molecule has 108 valence electrons. The summed E-state index contributed by atoms with van der Waals surface area (Å²) >= 11 is 0. The largest absolute Gasteiger partial charge is 0.385 e. The highest BCUT2D eigenvalue weighted by Gasteiger charge is 2.42. The summed E-state index contributed by atoms with van der Waals surface area (Å²) in [5.41, 5.74) is 5.76. The molecule has 1 fully saturated rings. The Labute approximate surface area is 108 Å². The number of alkyl halides is 2. The van der Waals surface area contributed by atoms with Crippen molar-refractivity contribution in [1.29, 1.82) is 0 Å². The lowest BCUT2D eigenvalue weighted by atomic mass is 9.83. The second-order valence-corrected chi connectivity index (χ2v) is 5.85. The Balaban J connectivity index is 2.45. The molecule has 0 aliphatic heterocycles. The molecule has 0 aromatic rings. The number of hydrogen-bond acceptors (Lipinski definition) is 3. The SMILES string of the molecule is CN(C)CC(F)(F)[C@H](O)[C@@H](N)CC1CCCCC1. The zero-order chi connectivity index (χ0) is 13.8. The van der Waals surface area contributed by atoms with Gasteiger partial charge in [0.15, 0.2) is 0 Å². The maximum absolute atomic E-state index is 13.7. The molecule has 3 N–H and O–H groups in total. The second-order valence-electron chi connectivity index (χ2n) is 5.85. The van der Waals surface area contributed by atoms with Crippen LogP contribution in [-0.4, -0.2) is 48.7 Å². The van der Waals surface area contributed by atoms with Crippen LogP contribution >= 0.6 is 0 Å². The average molecular weight is 264 g/mol. The smallest absolute Gasteiger partial charge is 0.287 e. The van der Waals surface area contributed by atoms with Crippen LogP contribution in [0.5, 0.6) is 0 Å². The van der Waals surface area contributed by atoms with Gasteiger partial charge in [-0.25, -0.2) is 8.78 Å². The Hall–Kier alpha value is -0.260. The van der Waals surface area contributed by atoms with Gasteiger partial charge in [0.1, 0.15) is 6.10 Å². The zero-order valence-corrected chi connectivity index (χ0v) is 11.4. The predicted molar refractivity (Wildman–Crippen MR) is 68.7 cm³/mol. The molecule has 5 heteroatoms. The van der Waals surface area contributed by atoms with Crippen molar-refractivity contribution in [2.45, 2.75) is 56.6 Å².